The SMILES string of the molecule is C.COC(=O)[C@@H](C)COS(=O)(=O)C(F)(F)F. The van der Waals surface area contributed by atoms with Crippen LogP contribution in [-0.4, -0.2) is 33.6 Å². The molecule has 0 aromatic heterocycles. The van der Waals surface area contributed by atoms with Crippen LogP contribution in [0.1, 0.15) is 14.4 Å². The predicted octanol–water partition coefficient (Wildman–Crippen LogP) is 1.30. The first-order chi connectivity index (χ1) is 6.62. The number of hydrogen-bond donors (Lipinski definition) is 0. The van der Waals surface area contributed by atoms with E-state index in [1.54, 1.807) is 0 Å². The van der Waals surface area contributed by atoms with Crippen molar-refractivity contribution >= 4 is 16.1 Å². The lowest BCUT2D eigenvalue weighted by atomic mass is 10.2. The highest BCUT2D eigenvalue weighted by Gasteiger charge is 2.47. The Morgan fingerprint density at radius 1 is 1.38 bits per heavy atom. The van der Waals surface area contributed by atoms with E-state index in [1.807, 2.05) is 0 Å². The number of halogens is 3. The van der Waals surface area contributed by atoms with Gasteiger partial charge in [0.15, 0.2) is 0 Å². The summed E-state index contributed by atoms with van der Waals surface area (Å²) in [5.74, 6) is -1.94. The number of rotatable bonds is 4. The molecule has 0 saturated heterocycles. The zero-order valence-corrected chi connectivity index (χ0v) is 8.68. The Bertz CT molecular complexity index is 321. The molecule has 98 valence electrons. The Hall–Kier alpha value is -0.830. The summed E-state index contributed by atoms with van der Waals surface area (Å²) in [6.07, 6.45) is 0. The van der Waals surface area contributed by atoms with Crippen molar-refractivity contribution in [3.05, 3.63) is 0 Å². The number of carbonyl (C=O) groups excluding carboxylic acids is 1. The van der Waals surface area contributed by atoms with Gasteiger partial charge in [0.25, 0.3) is 0 Å². The van der Waals surface area contributed by atoms with Gasteiger partial charge in [-0.2, -0.15) is 21.6 Å². The van der Waals surface area contributed by atoms with Gasteiger partial charge in [-0.05, 0) is 6.92 Å². The van der Waals surface area contributed by atoms with E-state index in [9.17, 15) is 26.4 Å². The van der Waals surface area contributed by atoms with Crippen molar-refractivity contribution in [2.75, 3.05) is 13.7 Å². The number of methoxy groups -OCH3 is 1. The lowest BCUT2D eigenvalue weighted by Gasteiger charge is -2.11. The summed E-state index contributed by atoms with van der Waals surface area (Å²) >= 11 is 0. The van der Waals surface area contributed by atoms with Crippen LogP contribution in [0.4, 0.5) is 13.2 Å². The third kappa shape index (κ3) is 4.79. The average Bonchev–Trinajstić information content (AvgIpc) is 2.11. The van der Waals surface area contributed by atoms with Crippen LogP contribution in [0.25, 0.3) is 0 Å². The fourth-order valence-corrected chi connectivity index (χ4v) is 1.04. The molecule has 1 atom stereocenters. The van der Waals surface area contributed by atoms with Gasteiger partial charge in [-0.15, -0.1) is 0 Å². The van der Waals surface area contributed by atoms with Gasteiger partial charge in [-0.3, -0.25) is 8.98 Å². The Morgan fingerprint density at radius 3 is 2.12 bits per heavy atom. The number of carbonyl (C=O) groups is 1. The van der Waals surface area contributed by atoms with Gasteiger partial charge >= 0.3 is 21.6 Å². The van der Waals surface area contributed by atoms with E-state index in [-0.39, 0.29) is 7.43 Å². The third-order valence-electron chi connectivity index (χ3n) is 1.36. The van der Waals surface area contributed by atoms with E-state index >= 15 is 0 Å². The molecule has 5 nitrogen and oxygen atoms in total. The van der Waals surface area contributed by atoms with Gasteiger partial charge in [0.1, 0.15) is 0 Å². The topological polar surface area (TPSA) is 69.7 Å². The lowest BCUT2D eigenvalue weighted by Crippen LogP contribution is -2.29. The van der Waals surface area contributed by atoms with Crippen LogP contribution in [0, 0.1) is 5.92 Å². The number of ether oxygens (including phenoxy) is 1. The maximum atomic E-state index is 11.7. The summed E-state index contributed by atoms with van der Waals surface area (Å²) in [6, 6.07) is 0. The first-order valence-corrected chi connectivity index (χ1v) is 5.06. The monoisotopic (exact) mass is 266 g/mol. The maximum Gasteiger partial charge on any atom is 0.523 e. The fourth-order valence-electron chi connectivity index (χ4n) is 0.528. The smallest absolute Gasteiger partial charge is 0.469 e. The minimum Gasteiger partial charge on any atom is -0.469 e. The minimum absolute atomic E-state index is 0. The molecule has 0 aliphatic rings. The second-order valence-corrected chi connectivity index (χ2v) is 4.22. The molecule has 0 amide bonds. The van der Waals surface area contributed by atoms with Crippen LogP contribution in [0.3, 0.4) is 0 Å². The molecule has 16 heavy (non-hydrogen) atoms. The highest BCUT2D eigenvalue weighted by Crippen LogP contribution is 2.24. The Morgan fingerprint density at radius 2 is 1.81 bits per heavy atom. The maximum absolute atomic E-state index is 11.7. The van der Waals surface area contributed by atoms with Crippen LogP contribution >= 0.6 is 0 Å². The summed E-state index contributed by atoms with van der Waals surface area (Å²) in [5.41, 5.74) is -5.48. The van der Waals surface area contributed by atoms with Crippen LogP contribution in [0.15, 0.2) is 0 Å². The van der Waals surface area contributed by atoms with E-state index in [4.69, 9.17) is 0 Å². The quantitative estimate of drug-likeness (QED) is 0.436. The van der Waals surface area contributed by atoms with Crippen molar-refractivity contribution in [1.29, 1.82) is 0 Å². The second kappa shape index (κ2) is 6.04. The average molecular weight is 266 g/mol. The largest absolute Gasteiger partial charge is 0.523 e. The van der Waals surface area contributed by atoms with Gasteiger partial charge < -0.3 is 4.74 Å². The van der Waals surface area contributed by atoms with Crippen LogP contribution < -0.4 is 0 Å². The number of alkyl halides is 3. The molecule has 0 spiro atoms. The Balaban J connectivity index is 0. The Kier molecular flexibility index (Phi) is 6.63. The molecule has 0 aliphatic carbocycles. The molecule has 0 radical (unpaired) electrons. The van der Waals surface area contributed by atoms with Crippen molar-refractivity contribution in [3.63, 3.8) is 0 Å². The van der Waals surface area contributed by atoms with Crippen LogP contribution in [0.5, 0.6) is 0 Å². The van der Waals surface area contributed by atoms with Crippen molar-refractivity contribution in [2.45, 2.75) is 19.9 Å². The van der Waals surface area contributed by atoms with E-state index in [0.717, 1.165) is 7.11 Å². The molecule has 0 unspecified atom stereocenters. The summed E-state index contributed by atoms with van der Waals surface area (Å²) in [6.45, 7) is 0.270. The molecule has 0 N–H and O–H groups in total. The van der Waals surface area contributed by atoms with Crippen LogP contribution in [0.2, 0.25) is 0 Å². The van der Waals surface area contributed by atoms with Gasteiger partial charge in [-0.25, -0.2) is 0 Å². The van der Waals surface area contributed by atoms with Gasteiger partial charge in [0, 0.05) is 0 Å². The van der Waals surface area contributed by atoms with Crippen molar-refractivity contribution in [2.24, 2.45) is 5.92 Å². The first-order valence-electron chi connectivity index (χ1n) is 3.65. The molecular formula is C7H13F3O5S. The molecule has 0 bridgehead atoms. The zero-order chi connectivity index (χ0) is 12.3. The normalized spacial score (nSPS) is 13.8. The third-order valence-corrected chi connectivity index (χ3v) is 2.37. The molecule has 0 saturated carbocycles. The van der Waals surface area contributed by atoms with Gasteiger partial charge in [-0.1, -0.05) is 7.43 Å². The fraction of sp³-hybridized carbons (Fsp3) is 0.857. The van der Waals surface area contributed by atoms with Crippen molar-refractivity contribution in [1.82, 2.24) is 0 Å². The highest BCUT2D eigenvalue weighted by molar-refractivity contribution is 7.87. The summed E-state index contributed by atoms with van der Waals surface area (Å²) < 4.78 is 63.7. The molecule has 9 heteroatoms. The highest BCUT2D eigenvalue weighted by atomic mass is 32.2. The van der Waals surface area contributed by atoms with E-state index in [0.29, 0.717) is 0 Å². The lowest BCUT2D eigenvalue weighted by molar-refractivity contribution is -0.145. The molecule has 0 rings (SSSR count). The zero-order valence-electron chi connectivity index (χ0n) is 7.87. The van der Waals surface area contributed by atoms with Gasteiger partial charge in [0.05, 0.1) is 19.6 Å². The van der Waals surface area contributed by atoms with Crippen LogP contribution in [-0.2, 0) is 23.8 Å². The molecule has 0 aromatic rings. The van der Waals surface area contributed by atoms with E-state index < -0.39 is 34.1 Å². The molecule has 0 fully saturated rings. The molecule has 0 heterocycles. The van der Waals surface area contributed by atoms with Crippen molar-refractivity contribution < 1.29 is 35.3 Å². The number of esters is 1. The summed E-state index contributed by atoms with van der Waals surface area (Å²) in [7, 11) is -4.62. The first kappa shape index (κ1) is 17.6. The van der Waals surface area contributed by atoms with E-state index in [1.165, 1.54) is 6.92 Å². The summed E-state index contributed by atoms with van der Waals surface area (Å²) in [4.78, 5) is 10.7. The van der Waals surface area contributed by atoms with E-state index in [2.05, 4.69) is 8.92 Å². The second-order valence-electron chi connectivity index (χ2n) is 2.61. The Labute approximate surface area is 91.7 Å². The van der Waals surface area contributed by atoms with Gasteiger partial charge in [0.2, 0.25) is 0 Å². The van der Waals surface area contributed by atoms with Crippen molar-refractivity contribution in [3.8, 4) is 0 Å². The molecule has 0 aliphatic heterocycles. The predicted molar refractivity (Wildman–Crippen MR) is 48.8 cm³/mol. The molecule has 0 aromatic carbocycles. The minimum atomic E-state index is -5.64. The standard InChI is InChI=1S/C6H9F3O5S.CH4/c1-4(5(10)13-2)3-14-15(11,12)6(7,8)9;/h4H,3H2,1-2H3;1H4/t4-;/m0./s1. The summed E-state index contributed by atoms with van der Waals surface area (Å²) in [5, 5.41) is 0. The molecular weight excluding hydrogens is 253 g/mol. The number of hydrogen-bond acceptors (Lipinski definition) is 5.